The lowest BCUT2D eigenvalue weighted by molar-refractivity contribution is 0.0696. The average molecular weight is 468 g/mol. The Morgan fingerprint density at radius 3 is 2.42 bits per heavy atom. The fourth-order valence-electron chi connectivity index (χ4n) is 3.43. The number of benzene rings is 3. The normalized spacial score (nSPS) is 11.2. The van der Waals surface area contributed by atoms with Crippen LogP contribution in [0, 0.1) is 0 Å². The van der Waals surface area contributed by atoms with Crippen LogP contribution in [0.3, 0.4) is 0 Å². The number of sulfonamides is 1. The van der Waals surface area contributed by atoms with Crippen LogP contribution in [0.15, 0.2) is 77.7 Å². The van der Waals surface area contributed by atoms with Gasteiger partial charge in [-0.25, -0.2) is 13.2 Å². The molecular weight excluding hydrogens is 438 g/mol. The third kappa shape index (κ3) is 7.08. The number of aryl methyl sites for hydroxylation is 2. The van der Waals surface area contributed by atoms with Gasteiger partial charge in [0.1, 0.15) is 5.75 Å². The third-order valence-electron chi connectivity index (χ3n) is 5.25. The summed E-state index contributed by atoms with van der Waals surface area (Å²) < 4.78 is 34.1. The van der Waals surface area contributed by atoms with Gasteiger partial charge in [0.25, 0.3) is 10.0 Å². The van der Waals surface area contributed by atoms with E-state index in [1.165, 1.54) is 0 Å². The Hall–Kier alpha value is -3.32. The van der Waals surface area contributed by atoms with E-state index in [9.17, 15) is 13.2 Å². The van der Waals surface area contributed by atoms with Crippen LogP contribution < -0.4 is 9.46 Å². The maximum Gasteiger partial charge on any atom is 0.335 e. The molecule has 0 atom stereocenters. The smallest absolute Gasteiger partial charge is 0.335 e. The molecule has 0 fully saturated rings. The fourth-order valence-corrected chi connectivity index (χ4v) is 4.53. The number of unbranched alkanes of at least 4 members (excludes halogenated alkanes) is 1. The molecule has 7 heteroatoms. The van der Waals surface area contributed by atoms with Gasteiger partial charge in [-0.15, -0.1) is 0 Å². The molecule has 0 amide bonds. The van der Waals surface area contributed by atoms with Crippen molar-refractivity contribution in [1.82, 2.24) is 0 Å². The first kappa shape index (κ1) is 24.3. The van der Waals surface area contributed by atoms with Gasteiger partial charge in [0.15, 0.2) is 0 Å². The number of hydrogen-bond acceptors (Lipinski definition) is 4. The summed E-state index contributed by atoms with van der Waals surface area (Å²) in [6.07, 6.45) is 4.08. The topological polar surface area (TPSA) is 92.7 Å². The summed E-state index contributed by atoms with van der Waals surface area (Å²) >= 11 is 0. The van der Waals surface area contributed by atoms with Gasteiger partial charge in [0.05, 0.1) is 22.8 Å². The number of anilines is 1. The molecule has 0 aliphatic carbocycles. The molecule has 0 aliphatic rings. The maximum absolute atomic E-state index is 12.9. The van der Waals surface area contributed by atoms with Crippen molar-refractivity contribution in [3.05, 3.63) is 89.5 Å². The molecule has 0 saturated carbocycles. The highest BCUT2D eigenvalue weighted by atomic mass is 32.2. The average Bonchev–Trinajstić information content (AvgIpc) is 2.81. The molecule has 3 rings (SSSR count). The van der Waals surface area contributed by atoms with Crippen molar-refractivity contribution in [2.24, 2.45) is 0 Å². The first-order valence-electron chi connectivity index (χ1n) is 11.0. The second-order valence-electron chi connectivity index (χ2n) is 7.80. The summed E-state index contributed by atoms with van der Waals surface area (Å²) in [6.45, 7) is 2.69. The molecule has 3 aromatic carbocycles. The molecule has 0 aliphatic heterocycles. The van der Waals surface area contributed by atoms with Gasteiger partial charge in [-0.1, -0.05) is 43.7 Å². The van der Waals surface area contributed by atoms with Crippen LogP contribution in [0.1, 0.15) is 47.7 Å². The van der Waals surface area contributed by atoms with Crippen LogP contribution in [0.25, 0.3) is 0 Å². The van der Waals surface area contributed by atoms with E-state index in [1.807, 2.05) is 18.2 Å². The van der Waals surface area contributed by atoms with Gasteiger partial charge in [-0.2, -0.15) is 0 Å². The van der Waals surface area contributed by atoms with Crippen LogP contribution in [0.4, 0.5) is 5.69 Å². The molecule has 0 bridgehead atoms. The second kappa shape index (κ2) is 11.5. The minimum atomic E-state index is -3.74. The highest BCUT2D eigenvalue weighted by Crippen LogP contribution is 2.23. The number of para-hydroxylation sites is 1. The maximum atomic E-state index is 12.9. The molecule has 0 unspecified atom stereocenters. The Morgan fingerprint density at radius 2 is 1.70 bits per heavy atom. The van der Waals surface area contributed by atoms with Crippen molar-refractivity contribution >= 4 is 21.7 Å². The number of carboxylic acid groups (broad SMARTS) is 1. The van der Waals surface area contributed by atoms with E-state index in [1.54, 1.807) is 54.6 Å². The lowest BCUT2D eigenvalue weighted by Gasteiger charge is -2.13. The standard InChI is InChI=1S/C26H29NO5S/c1-2-3-18-32-23-14-16-24(17-15-23)33(30,31)27-25-13-5-4-10-21(25)11-6-8-20-9-7-12-22(19-20)26(28)29/h4-5,7,9-10,12-17,19,27H,2-3,6,8,11,18H2,1H3,(H,28,29). The van der Waals surface area contributed by atoms with Crippen LogP contribution in [0.2, 0.25) is 0 Å². The lowest BCUT2D eigenvalue weighted by Crippen LogP contribution is -2.14. The van der Waals surface area contributed by atoms with Crippen molar-refractivity contribution in [3.63, 3.8) is 0 Å². The summed E-state index contributed by atoms with van der Waals surface area (Å²) in [4.78, 5) is 11.3. The molecule has 33 heavy (non-hydrogen) atoms. The van der Waals surface area contributed by atoms with Gasteiger partial charge in [0, 0.05) is 0 Å². The summed E-state index contributed by atoms with van der Waals surface area (Å²) in [5.74, 6) is -0.299. The predicted molar refractivity (Wildman–Crippen MR) is 130 cm³/mol. The minimum absolute atomic E-state index is 0.172. The molecule has 0 spiro atoms. The molecular formula is C26H29NO5S. The Bertz CT molecular complexity index is 1170. The van der Waals surface area contributed by atoms with Gasteiger partial charge in [0.2, 0.25) is 0 Å². The van der Waals surface area contributed by atoms with E-state index in [2.05, 4.69) is 11.6 Å². The molecule has 3 aromatic rings. The van der Waals surface area contributed by atoms with E-state index in [0.717, 1.165) is 30.4 Å². The van der Waals surface area contributed by atoms with Gasteiger partial charge >= 0.3 is 5.97 Å². The Labute approximate surface area is 195 Å². The molecule has 0 radical (unpaired) electrons. The number of nitrogens with one attached hydrogen (secondary N) is 1. The van der Waals surface area contributed by atoms with E-state index < -0.39 is 16.0 Å². The first-order chi connectivity index (χ1) is 15.9. The molecule has 174 valence electrons. The zero-order valence-corrected chi connectivity index (χ0v) is 19.5. The van der Waals surface area contributed by atoms with Crippen LogP contribution in [-0.2, 0) is 22.9 Å². The predicted octanol–water partition coefficient (Wildman–Crippen LogP) is 5.54. The SMILES string of the molecule is CCCCOc1ccc(S(=O)(=O)Nc2ccccc2CCCc2cccc(C(=O)O)c2)cc1. The fraction of sp³-hybridized carbons (Fsp3) is 0.269. The van der Waals surface area contributed by atoms with Gasteiger partial charge in [-0.3, -0.25) is 4.72 Å². The van der Waals surface area contributed by atoms with Gasteiger partial charge in [-0.05, 0) is 79.3 Å². The van der Waals surface area contributed by atoms with Crippen molar-refractivity contribution < 1.29 is 23.1 Å². The molecule has 0 saturated heterocycles. The number of aromatic carboxylic acids is 1. The van der Waals surface area contributed by atoms with Crippen LogP contribution >= 0.6 is 0 Å². The Kier molecular flexibility index (Phi) is 8.49. The lowest BCUT2D eigenvalue weighted by atomic mass is 10.0. The van der Waals surface area contributed by atoms with E-state index in [-0.39, 0.29) is 10.5 Å². The Morgan fingerprint density at radius 1 is 0.939 bits per heavy atom. The Balaban J connectivity index is 1.64. The van der Waals surface area contributed by atoms with E-state index in [0.29, 0.717) is 30.9 Å². The van der Waals surface area contributed by atoms with Crippen LogP contribution in [-0.4, -0.2) is 26.1 Å². The summed E-state index contributed by atoms with van der Waals surface area (Å²) in [6, 6.07) is 20.6. The molecule has 0 aromatic heterocycles. The summed E-state index contributed by atoms with van der Waals surface area (Å²) in [5.41, 5.74) is 2.63. The van der Waals surface area contributed by atoms with Gasteiger partial charge < -0.3 is 9.84 Å². The zero-order valence-electron chi connectivity index (χ0n) is 18.7. The minimum Gasteiger partial charge on any atom is -0.494 e. The second-order valence-corrected chi connectivity index (χ2v) is 9.48. The number of carbonyl (C=O) groups is 1. The molecule has 0 heterocycles. The quantitative estimate of drug-likeness (QED) is 0.341. The number of carboxylic acids is 1. The van der Waals surface area contributed by atoms with Crippen molar-refractivity contribution in [2.75, 3.05) is 11.3 Å². The summed E-state index contributed by atoms with van der Waals surface area (Å²) in [7, 11) is -3.74. The van der Waals surface area contributed by atoms with Crippen molar-refractivity contribution in [1.29, 1.82) is 0 Å². The highest BCUT2D eigenvalue weighted by Gasteiger charge is 2.16. The monoisotopic (exact) mass is 467 g/mol. The third-order valence-corrected chi connectivity index (χ3v) is 6.63. The summed E-state index contributed by atoms with van der Waals surface area (Å²) in [5, 5.41) is 9.14. The number of rotatable bonds is 12. The van der Waals surface area contributed by atoms with Crippen molar-refractivity contribution in [2.45, 2.75) is 43.9 Å². The van der Waals surface area contributed by atoms with E-state index >= 15 is 0 Å². The van der Waals surface area contributed by atoms with Crippen LogP contribution in [0.5, 0.6) is 5.75 Å². The van der Waals surface area contributed by atoms with Crippen molar-refractivity contribution in [3.8, 4) is 5.75 Å². The largest absolute Gasteiger partial charge is 0.494 e. The zero-order chi connectivity index (χ0) is 23.7. The molecule has 6 nitrogen and oxygen atoms in total. The molecule has 2 N–H and O–H groups in total. The number of hydrogen-bond donors (Lipinski definition) is 2. The number of ether oxygens (including phenoxy) is 1. The first-order valence-corrected chi connectivity index (χ1v) is 12.5. The highest BCUT2D eigenvalue weighted by molar-refractivity contribution is 7.92. The van der Waals surface area contributed by atoms with E-state index in [4.69, 9.17) is 9.84 Å².